The van der Waals surface area contributed by atoms with Crippen LogP contribution in [0.5, 0.6) is 0 Å². The molecule has 0 aromatic heterocycles. The van der Waals surface area contributed by atoms with Gasteiger partial charge in [-0.2, -0.15) is 5.10 Å². The zero-order valence-electron chi connectivity index (χ0n) is 6.13. The Morgan fingerprint density at radius 2 is 2.33 bits per heavy atom. The molecule has 1 unspecified atom stereocenters. The molecule has 1 atom stereocenters. The lowest BCUT2D eigenvalue weighted by Gasteiger charge is -2.18. The maximum absolute atomic E-state index is 4.13. The zero-order valence-corrected chi connectivity index (χ0v) is 6.13. The van der Waals surface area contributed by atoms with Gasteiger partial charge < -0.3 is 0 Å². The summed E-state index contributed by atoms with van der Waals surface area (Å²) in [5.41, 5.74) is 1.23. The molecular formula is C7H12N2. The van der Waals surface area contributed by atoms with E-state index in [1.54, 1.807) is 0 Å². The summed E-state index contributed by atoms with van der Waals surface area (Å²) in [6, 6.07) is 0. The highest BCUT2D eigenvalue weighted by atomic mass is 15.4. The van der Waals surface area contributed by atoms with Gasteiger partial charge in [-0.25, -0.2) is 0 Å². The van der Waals surface area contributed by atoms with Gasteiger partial charge in [0.2, 0.25) is 0 Å². The number of allylic oxidation sites excluding steroid dienone is 2. The van der Waals surface area contributed by atoms with Crippen LogP contribution in [0.3, 0.4) is 0 Å². The lowest BCUT2D eigenvalue weighted by atomic mass is 10.1. The SMILES string of the molecule is CC1=CC(C)C=NN1C. The summed E-state index contributed by atoms with van der Waals surface area (Å²) < 4.78 is 0. The van der Waals surface area contributed by atoms with Crippen molar-refractivity contribution in [2.24, 2.45) is 11.0 Å². The van der Waals surface area contributed by atoms with Gasteiger partial charge in [0, 0.05) is 24.9 Å². The Morgan fingerprint density at radius 1 is 1.67 bits per heavy atom. The molecule has 1 rings (SSSR count). The smallest absolute Gasteiger partial charge is 0.0315 e. The molecule has 50 valence electrons. The van der Waals surface area contributed by atoms with Crippen LogP contribution in [0.15, 0.2) is 16.9 Å². The van der Waals surface area contributed by atoms with Crippen LogP contribution in [0.25, 0.3) is 0 Å². The van der Waals surface area contributed by atoms with Crippen molar-refractivity contribution in [3.05, 3.63) is 11.8 Å². The van der Waals surface area contributed by atoms with Gasteiger partial charge in [0.15, 0.2) is 0 Å². The van der Waals surface area contributed by atoms with Crippen LogP contribution < -0.4 is 0 Å². The maximum Gasteiger partial charge on any atom is 0.0315 e. The standard InChI is InChI=1S/C7H12N2/c1-6-4-7(2)9(3)8-5-6/h4-6H,1-3H3. The third-order valence-electron chi connectivity index (χ3n) is 1.49. The van der Waals surface area contributed by atoms with Crippen LogP contribution in [0, 0.1) is 5.92 Å². The van der Waals surface area contributed by atoms with Gasteiger partial charge in [-0.15, -0.1) is 0 Å². The molecular weight excluding hydrogens is 112 g/mol. The predicted molar refractivity (Wildman–Crippen MR) is 39.2 cm³/mol. The quantitative estimate of drug-likeness (QED) is 0.477. The van der Waals surface area contributed by atoms with Crippen molar-refractivity contribution in [3.8, 4) is 0 Å². The van der Waals surface area contributed by atoms with Crippen LogP contribution in [-0.4, -0.2) is 18.3 Å². The van der Waals surface area contributed by atoms with Gasteiger partial charge in [0.05, 0.1) is 0 Å². The first-order valence-electron chi connectivity index (χ1n) is 3.16. The van der Waals surface area contributed by atoms with Gasteiger partial charge in [-0.1, -0.05) is 13.0 Å². The topological polar surface area (TPSA) is 15.6 Å². The third-order valence-corrected chi connectivity index (χ3v) is 1.49. The molecule has 0 aromatic rings. The van der Waals surface area contributed by atoms with Gasteiger partial charge in [0.25, 0.3) is 0 Å². The zero-order chi connectivity index (χ0) is 6.85. The van der Waals surface area contributed by atoms with E-state index in [2.05, 4.69) is 25.0 Å². The Hall–Kier alpha value is -0.790. The Bertz CT molecular complexity index is 158. The minimum absolute atomic E-state index is 0.501. The molecule has 2 heteroatoms. The van der Waals surface area contributed by atoms with Crippen molar-refractivity contribution >= 4 is 6.21 Å². The van der Waals surface area contributed by atoms with E-state index in [0.29, 0.717) is 5.92 Å². The molecule has 0 aromatic carbocycles. The van der Waals surface area contributed by atoms with E-state index in [4.69, 9.17) is 0 Å². The summed E-state index contributed by atoms with van der Waals surface area (Å²) in [6.07, 6.45) is 4.12. The van der Waals surface area contributed by atoms with Crippen LogP contribution in [0.4, 0.5) is 0 Å². The van der Waals surface area contributed by atoms with Gasteiger partial charge in [-0.3, -0.25) is 5.01 Å². The normalized spacial score (nSPS) is 26.3. The fourth-order valence-electron chi connectivity index (χ4n) is 0.828. The summed E-state index contributed by atoms with van der Waals surface area (Å²) in [4.78, 5) is 0. The molecule has 2 nitrogen and oxygen atoms in total. The molecule has 0 saturated heterocycles. The van der Waals surface area contributed by atoms with Gasteiger partial charge in [-0.05, 0) is 6.92 Å². The van der Waals surface area contributed by atoms with E-state index >= 15 is 0 Å². The fourth-order valence-corrected chi connectivity index (χ4v) is 0.828. The van der Waals surface area contributed by atoms with Crippen molar-refractivity contribution in [2.75, 3.05) is 7.05 Å². The van der Waals surface area contributed by atoms with Crippen molar-refractivity contribution in [1.82, 2.24) is 5.01 Å². The molecule has 0 saturated carbocycles. The highest BCUT2D eigenvalue weighted by Crippen LogP contribution is 2.09. The minimum Gasteiger partial charge on any atom is -0.274 e. The molecule has 0 amide bonds. The maximum atomic E-state index is 4.13. The minimum atomic E-state index is 0.501. The van der Waals surface area contributed by atoms with E-state index in [0.717, 1.165) is 0 Å². The largest absolute Gasteiger partial charge is 0.274 e. The first-order chi connectivity index (χ1) is 4.20. The highest BCUT2D eigenvalue weighted by molar-refractivity contribution is 5.63. The molecule has 0 N–H and O–H groups in total. The lowest BCUT2D eigenvalue weighted by molar-refractivity contribution is 0.434. The number of hydrogen-bond donors (Lipinski definition) is 0. The average molecular weight is 124 g/mol. The Labute approximate surface area is 55.9 Å². The summed E-state index contributed by atoms with van der Waals surface area (Å²) >= 11 is 0. The van der Waals surface area contributed by atoms with Crippen molar-refractivity contribution in [3.63, 3.8) is 0 Å². The van der Waals surface area contributed by atoms with E-state index in [9.17, 15) is 0 Å². The number of nitrogens with zero attached hydrogens (tertiary/aromatic N) is 2. The third kappa shape index (κ3) is 1.31. The second-order valence-electron chi connectivity index (χ2n) is 2.46. The van der Waals surface area contributed by atoms with Gasteiger partial charge in [0.1, 0.15) is 0 Å². The van der Waals surface area contributed by atoms with E-state index in [1.165, 1.54) is 5.70 Å². The molecule has 9 heavy (non-hydrogen) atoms. The molecule has 1 aliphatic heterocycles. The lowest BCUT2D eigenvalue weighted by Crippen LogP contribution is -2.15. The summed E-state index contributed by atoms with van der Waals surface area (Å²) in [6.45, 7) is 4.19. The molecule has 0 spiro atoms. The second-order valence-corrected chi connectivity index (χ2v) is 2.46. The summed E-state index contributed by atoms with van der Waals surface area (Å²) in [7, 11) is 1.95. The molecule has 0 fully saturated rings. The number of rotatable bonds is 0. The van der Waals surface area contributed by atoms with E-state index in [-0.39, 0.29) is 0 Å². The van der Waals surface area contributed by atoms with Crippen molar-refractivity contribution in [1.29, 1.82) is 0 Å². The number of hydrogen-bond acceptors (Lipinski definition) is 2. The van der Waals surface area contributed by atoms with Crippen LogP contribution >= 0.6 is 0 Å². The predicted octanol–water partition coefficient (Wildman–Crippen LogP) is 1.46. The van der Waals surface area contributed by atoms with Crippen molar-refractivity contribution < 1.29 is 0 Å². The molecule has 0 bridgehead atoms. The van der Waals surface area contributed by atoms with Crippen LogP contribution in [-0.2, 0) is 0 Å². The summed E-state index contributed by atoms with van der Waals surface area (Å²) in [5.74, 6) is 0.501. The Morgan fingerprint density at radius 3 is 2.78 bits per heavy atom. The molecule has 0 radical (unpaired) electrons. The molecule has 0 aliphatic carbocycles. The first-order valence-corrected chi connectivity index (χ1v) is 3.16. The molecule has 1 aliphatic rings. The average Bonchev–Trinajstić information content (AvgIpc) is 1.80. The first kappa shape index (κ1) is 6.33. The fraction of sp³-hybridized carbons (Fsp3) is 0.571. The van der Waals surface area contributed by atoms with E-state index in [1.807, 2.05) is 18.3 Å². The van der Waals surface area contributed by atoms with Crippen LogP contribution in [0.2, 0.25) is 0 Å². The Kier molecular flexibility index (Phi) is 1.56. The highest BCUT2D eigenvalue weighted by Gasteiger charge is 2.03. The van der Waals surface area contributed by atoms with Gasteiger partial charge >= 0.3 is 0 Å². The molecule has 1 heterocycles. The van der Waals surface area contributed by atoms with E-state index < -0.39 is 0 Å². The van der Waals surface area contributed by atoms with Crippen molar-refractivity contribution in [2.45, 2.75) is 13.8 Å². The van der Waals surface area contributed by atoms with Crippen LogP contribution in [0.1, 0.15) is 13.8 Å². The second kappa shape index (κ2) is 2.21. The Balaban J connectivity index is 2.70. The summed E-state index contributed by atoms with van der Waals surface area (Å²) in [5, 5.41) is 6.01. The monoisotopic (exact) mass is 124 g/mol. The number of hydrazone groups is 1.